The number of carboxylic acid groups (broad SMARTS) is 1. The van der Waals surface area contributed by atoms with E-state index in [9.17, 15) is 14.0 Å². The van der Waals surface area contributed by atoms with Crippen molar-refractivity contribution in [2.24, 2.45) is 0 Å². The fourth-order valence-corrected chi connectivity index (χ4v) is 1.82. The molecule has 20 heavy (non-hydrogen) atoms. The first-order chi connectivity index (χ1) is 9.36. The van der Waals surface area contributed by atoms with Crippen molar-refractivity contribution in [1.29, 1.82) is 0 Å². The molecule has 0 aliphatic rings. The highest BCUT2D eigenvalue weighted by Crippen LogP contribution is 2.18. The lowest BCUT2D eigenvalue weighted by atomic mass is 10.1. The molecule has 0 spiro atoms. The van der Waals surface area contributed by atoms with Crippen LogP contribution in [0.1, 0.15) is 37.0 Å². The van der Waals surface area contributed by atoms with Crippen LogP contribution >= 0.6 is 0 Å². The lowest BCUT2D eigenvalue weighted by molar-refractivity contribution is 0.0698. The molecule has 1 unspecified atom stereocenters. The molecule has 1 aromatic rings. The van der Waals surface area contributed by atoms with Crippen molar-refractivity contribution < 1.29 is 19.1 Å². The van der Waals surface area contributed by atoms with E-state index in [4.69, 9.17) is 5.11 Å². The molecule has 0 saturated heterocycles. The van der Waals surface area contributed by atoms with Gasteiger partial charge in [0.1, 0.15) is 5.82 Å². The molecular formula is C14H19FN2O3. The molecule has 1 aromatic carbocycles. The van der Waals surface area contributed by atoms with E-state index in [2.05, 4.69) is 5.32 Å². The monoisotopic (exact) mass is 282 g/mol. The van der Waals surface area contributed by atoms with Crippen LogP contribution in [0.25, 0.3) is 0 Å². The average molecular weight is 282 g/mol. The van der Waals surface area contributed by atoms with Crippen LogP contribution in [0, 0.1) is 5.82 Å². The van der Waals surface area contributed by atoms with E-state index in [0.29, 0.717) is 0 Å². The average Bonchev–Trinajstić information content (AvgIpc) is 2.37. The standard InChI is InChI=1S/C14H19FN2O3/c1-4-5-9(2)17(3)14(20)16-12-8-10(15)6-7-11(12)13(18)19/h6-9H,4-5H2,1-3H3,(H,16,20)(H,18,19). The minimum Gasteiger partial charge on any atom is -0.478 e. The van der Waals surface area contributed by atoms with E-state index in [1.165, 1.54) is 4.90 Å². The van der Waals surface area contributed by atoms with Gasteiger partial charge in [-0.3, -0.25) is 0 Å². The Morgan fingerprint density at radius 1 is 1.45 bits per heavy atom. The summed E-state index contributed by atoms with van der Waals surface area (Å²) in [5, 5.41) is 11.5. The van der Waals surface area contributed by atoms with Crippen molar-refractivity contribution in [3.05, 3.63) is 29.6 Å². The fourth-order valence-electron chi connectivity index (χ4n) is 1.82. The largest absolute Gasteiger partial charge is 0.478 e. The van der Waals surface area contributed by atoms with Crippen molar-refractivity contribution in [2.75, 3.05) is 12.4 Å². The van der Waals surface area contributed by atoms with Gasteiger partial charge in [0.25, 0.3) is 0 Å². The normalized spacial score (nSPS) is 11.8. The van der Waals surface area contributed by atoms with E-state index >= 15 is 0 Å². The first kappa shape index (κ1) is 15.9. The number of amides is 2. The number of carbonyl (C=O) groups excluding carboxylic acids is 1. The van der Waals surface area contributed by atoms with Crippen LogP contribution in [0.5, 0.6) is 0 Å². The predicted molar refractivity (Wildman–Crippen MR) is 74.5 cm³/mol. The van der Waals surface area contributed by atoms with Crippen molar-refractivity contribution in [1.82, 2.24) is 4.90 Å². The van der Waals surface area contributed by atoms with Gasteiger partial charge in [0, 0.05) is 13.1 Å². The lowest BCUT2D eigenvalue weighted by Crippen LogP contribution is -2.38. The second kappa shape index (κ2) is 6.88. The maximum Gasteiger partial charge on any atom is 0.337 e. The zero-order valence-corrected chi connectivity index (χ0v) is 11.8. The molecule has 1 atom stereocenters. The van der Waals surface area contributed by atoms with Crippen molar-refractivity contribution in [2.45, 2.75) is 32.7 Å². The van der Waals surface area contributed by atoms with Crippen LogP contribution < -0.4 is 5.32 Å². The number of urea groups is 1. The van der Waals surface area contributed by atoms with Gasteiger partial charge in [-0.1, -0.05) is 13.3 Å². The summed E-state index contributed by atoms with van der Waals surface area (Å²) in [5.41, 5.74) is -0.186. The fraction of sp³-hybridized carbons (Fsp3) is 0.429. The van der Waals surface area contributed by atoms with E-state index in [0.717, 1.165) is 31.0 Å². The molecular weight excluding hydrogens is 263 g/mol. The van der Waals surface area contributed by atoms with Crippen LogP contribution in [0.15, 0.2) is 18.2 Å². The summed E-state index contributed by atoms with van der Waals surface area (Å²) in [6.45, 7) is 3.91. The van der Waals surface area contributed by atoms with Crippen LogP contribution in [-0.2, 0) is 0 Å². The van der Waals surface area contributed by atoms with Gasteiger partial charge >= 0.3 is 12.0 Å². The van der Waals surface area contributed by atoms with Crippen molar-refractivity contribution in [3.63, 3.8) is 0 Å². The molecule has 1 rings (SSSR count). The first-order valence-electron chi connectivity index (χ1n) is 6.43. The zero-order valence-electron chi connectivity index (χ0n) is 11.8. The second-order valence-corrected chi connectivity index (χ2v) is 4.67. The van der Waals surface area contributed by atoms with Gasteiger partial charge in [-0.15, -0.1) is 0 Å². The molecule has 2 N–H and O–H groups in total. The molecule has 110 valence electrons. The number of rotatable bonds is 5. The smallest absolute Gasteiger partial charge is 0.337 e. The van der Waals surface area contributed by atoms with Gasteiger partial charge in [0.15, 0.2) is 0 Å². The summed E-state index contributed by atoms with van der Waals surface area (Å²) in [6, 6.07) is 2.73. The topological polar surface area (TPSA) is 69.6 Å². The molecule has 0 aromatic heterocycles. The van der Waals surface area contributed by atoms with Crippen molar-refractivity contribution >= 4 is 17.7 Å². The van der Waals surface area contributed by atoms with Crippen LogP contribution in [-0.4, -0.2) is 35.1 Å². The number of aromatic carboxylic acids is 1. The molecule has 0 bridgehead atoms. The number of anilines is 1. The zero-order chi connectivity index (χ0) is 15.3. The molecule has 0 radical (unpaired) electrons. The number of carboxylic acids is 1. The number of carbonyl (C=O) groups is 2. The summed E-state index contributed by atoms with van der Waals surface area (Å²) < 4.78 is 13.2. The molecule has 0 fully saturated rings. The molecule has 6 heteroatoms. The van der Waals surface area contributed by atoms with Gasteiger partial charge < -0.3 is 15.3 Å². The number of nitrogens with one attached hydrogen (secondary N) is 1. The van der Waals surface area contributed by atoms with Crippen LogP contribution in [0.2, 0.25) is 0 Å². The maximum absolute atomic E-state index is 13.2. The predicted octanol–water partition coefficient (Wildman–Crippen LogP) is 3.18. The first-order valence-corrected chi connectivity index (χ1v) is 6.43. The summed E-state index contributed by atoms with van der Waals surface area (Å²) >= 11 is 0. The van der Waals surface area contributed by atoms with E-state index in [-0.39, 0.29) is 17.3 Å². The highest BCUT2D eigenvalue weighted by molar-refractivity contribution is 6.00. The Morgan fingerprint density at radius 3 is 2.65 bits per heavy atom. The third-order valence-corrected chi connectivity index (χ3v) is 3.14. The Labute approximate surface area is 117 Å². The number of benzene rings is 1. The van der Waals surface area contributed by atoms with Gasteiger partial charge in [0.05, 0.1) is 11.3 Å². The highest BCUT2D eigenvalue weighted by atomic mass is 19.1. The third-order valence-electron chi connectivity index (χ3n) is 3.14. The minimum atomic E-state index is -1.22. The second-order valence-electron chi connectivity index (χ2n) is 4.67. The van der Waals surface area contributed by atoms with E-state index < -0.39 is 17.8 Å². The molecule has 5 nitrogen and oxygen atoms in total. The summed E-state index contributed by atoms with van der Waals surface area (Å²) in [5.74, 6) is -1.82. The SMILES string of the molecule is CCCC(C)N(C)C(=O)Nc1cc(F)ccc1C(=O)O. The Balaban J connectivity index is 2.90. The lowest BCUT2D eigenvalue weighted by Gasteiger charge is -2.25. The number of hydrogen-bond donors (Lipinski definition) is 2. The molecule has 2 amide bonds. The van der Waals surface area contributed by atoms with Gasteiger partial charge in [0.2, 0.25) is 0 Å². The summed E-state index contributed by atoms with van der Waals surface area (Å²) in [6.07, 6.45) is 1.76. The molecule has 0 saturated carbocycles. The van der Waals surface area contributed by atoms with E-state index in [1.807, 2.05) is 13.8 Å². The number of hydrogen-bond acceptors (Lipinski definition) is 2. The van der Waals surface area contributed by atoms with Crippen LogP contribution in [0.3, 0.4) is 0 Å². The number of halogens is 1. The minimum absolute atomic E-state index is 0.0156. The Hall–Kier alpha value is -2.11. The van der Waals surface area contributed by atoms with Gasteiger partial charge in [-0.05, 0) is 31.5 Å². The van der Waals surface area contributed by atoms with Crippen molar-refractivity contribution in [3.8, 4) is 0 Å². The Bertz CT molecular complexity index is 505. The highest BCUT2D eigenvalue weighted by Gasteiger charge is 2.18. The number of nitrogens with zero attached hydrogens (tertiary/aromatic N) is 1. The quantitative estimate of drug-likeness (QED) is 0.871. The van der Waals surface area contributed by atoms with Gasteiger partial charge in [-0.25, -0.2) is 14.0 Å². The maximum atomic E-state index is 13.2. The summed E-state index contributed by atoms with van der Waals surface area (Å²) in [7, 11) is 1.62. The van der Waals surface area contributed by atoms with Gasteiger partial charge in [-0.2, -0.15) is 0 Å². The molecule has 0 aliphatic heterocycles. The summed E-state index contributed by atoms with van der Waals surface area (Å²) in [4.78, 5) is 24.5. The molecule has 0 heterocycles. The van der Waals surface area contributed by atoms with E-state index in [1.54, 1.807) is 7.05 Å². The van der Waals surface area contributed by atoms with Crippen LogP contribution in [0.4, 0.5) is 14.9 Å². The molecule has 0 aliphatic carbocycles. The third kappa shape index (κ3) is 3.94. The Morgan fingerprint density at radius 2 is 2.10 bits per heavy atom. The Kier molecular flexibility index (Phi) is 5.49.